The van der Waals surface area contributed by atoms with Gasteiger partial charge in [0, 0.05) is 6.42 Å². The molecule has 2 aliphatic heterocycles. The van der Waals surface area contributed by atoms with Gasteiger partial charge in [0.05, 0.1) is 31.3 Å². The molecule has 2 aliphatic rings. The van der Waals surface area contributed by atoms with Crippen molar-refractivity contribution in [1.82, 2.24) is 0 Å². The Bertz CT molecular complexity index is 472. The number of nitriles is 1. The second-order valence-corrected chi connectivity index (χ2v) is 4.88. The van der Waals surface area contributed by atoms with Crippen LogP contribution in [0.2, 0.25) is 0 Å². The van der Waals surface area contributed by atoms with Crippen molar-refractivity contribution in [2.45, 2.75) is 24.7 Å². The molecule has 0 radical (unpaired) electrons. The third-order valence-electron chi connectivity index (χ3n) is 3.70. The van der Waals surface area contributed by atoms with Crippen molar-refractivity contribution in [2.75, 3.05) is 19.8 Å². The van der Waals surface area contributed by atoms with Crippen molar-refractivity contribution in [3.63, 3.8) is 0 Å². The minimum atomic E-state index is -0.0682. The summed E-state index contributed by atoms with van der Waals surface area (Å²) in [5, 5.41) is 8.94. The van der Waals surface area contributed by atoms with Gasteiger partial charge >= 0.3 is 0 Å². The van der Waals surface area contributed by atoms with Crippen LogP contribution in [-0.2, 0) is 16.6 Å². The Hall–Kier alpha value is -1.53. The molecular weight excluding hydrogens is 214 g/mol. The van der Waals surface area contributed by atoms with E-state index in [1.165, 1.54) is 11.1 Å². The van der Waals surface area contributed by atoms with Gasteiger partial charge in [-0.2, -0.15) is 5.26 Å². The van der Waals surface area contributed by atoms with E-state index >= 15 is 0 Å². The summed E-state index contributed by atoms with van der Waals surface area (Å²) in [6.07, 6.45) is 2.69. The predicted octanol–water partition coefficient (Wildman–Crippen LogP) is 2.19. The number of hydrogen-bond donors (Lipinski definition) is 0. The summed E-state index contributed by atoms with van der Waals surface area (Å²) in [5.74, 6) is 1.01. The molecule has 3 rings (SSSR count). The number of fused-ring (bicyclic) bond motifs is 1. The molecule has 3 heteroatoms. The van der Waals surface area contributed by atoms with Crippen LogP contribution in [0.1, 0.15) is 24.0 Å². The predicted molar refractivity (Wildman–Crippen MR) is 63.0 cm³/mol. The summed E-state index contributed by atoms with van der Waals surface area (Å²) in [6, 6.07) is 8.61. The van der Waals surface area contributed by atoms with Gasteiger partial charge in [-0.05, 0) is 30.0 Å². The molecule has 0 N–H and O–H groups in total. The third kappa shape index (κ3) is 1.69. The Morgan fingerprint density at radius 3 is 2.94 bits per heavy atom. The van der Waals surface area contributed by atoms with Gasteiger partial charge < -0.3 is 9.47 Å². The van der Waals surface area contributed by atoms with E-state index in [1.54, 1.807) is 0 Å². The van der Waals surface area contributed by atoms with Gasteiger partial charge in [0.1, 0.15) is 5.75 Å². The van der Waals surface area contributed by atoms with E-state index in [2.05, 4.69) is 18.2 Å². The van der Waals surface area contributed by atoms with Crippen LogP contribution in [0.3, 0.4) is 0 Å². The molecular formula is C14H15NO2. The van der Waals surface area contributed by atoms with E-state index in [1.807, 2.05) is 6.07 Å². The fraction of sp³-hybridized carbons (Fsp3) is 0.500. The summed E-state index contributed by atoms with van der Waals surface area (Å²) < 4.78 is 10.9. The maximum Gasteiger partial charge on any atom is 0.122 e. The van der Waals surface area contributed by atoms with Crippen LogP contribution in [0.25, 0.3) is 0 Å². The second-order valence-electron chi connectivity index (χ2n) is 4.88. The van der Waals surface area contributed by atoms with Crippen LogP contribution in [0, 0.1) is 11.3 Å². The first kappa shape index (κ1) is 10.6. The van der Waals surface area contributed by atoms with Crippen LogP contribution in [0.5, 0.6) is 5.75 Å². The van der Waals surface area contributed by atoms with E-state index < -0.39 is 0 Å². The van der Waals surface area contributed by atoms with Crippen molar-refractivity contribution in [3.05, 3.63) is 29.3 Å². The molecule has 1 fully saturated rings. The molecule has 0 atom stereocenters. The highest BCUT2D eigenvalue weighted by Gasteiger charge is 2.40. The van der Waals surface area contributed by atoms with Gasteiger partial charge in [-0.3, -0.25) is 0 Å². The lowest BCUT2D eigenvalue weighted by Gasteiger charge is -2.40. The number of aryl methyl sites for hydroxylation is 1. The van der Waals surface area contributed by atoms with E-state index in [0.29, 0.717) is 19.6 Å². The smallest absolute Gasteiger partial charge is 0.122 e. The van der Waals surface area contributed by atoms with Crippen LogP contribution in [0.15, 0.2) is 18.2 Å². The summed E-state index contributed by atoms with van der Waals surface area (Å²) in [5.41, 5.74) is 2.44. The van der Waals surface area contributed by atoms with Crippen LogP contribution >= 0.6 is 0 Å². The topological polar surface area (TPSA) is 42.2 Å². The molecule has 0 amide bonds. The van der Waals surface area contributed by atoms with Crippen LogP contribution in [-0.4, -0.2) is 19.8 Å². The Balaban J connectivity index is 1.95. The zero-order valence-electron chi connectivity index (χ0n) is 9.74. The Labute approximate surface area is 101 Å². The molecule has 1 aromatic rings. The van der Waals surface area contributed by atoms with Gasteiger partial charge in [0.25, 0.3) is 0 Å². The molecule has 1 saturated heterocycles. The summed E-state index contributed by atoms with van der Waals surface area (Å²) in [4.78, 5) is 0. The van der Waals surface area contributed by atoms with E-state index in [0.717, 1.165) is 25.2 Å². The van der Waals surface area contributed by atoms with Crippen molar-refractivity contribution < 1.29 is 9.47 Å². The molecule has 17 heavy (non-hydrogen) atoms. The average molecular weight is 229 g/mol. The highest BCUT2D eigenvalue weighted by Crippen LogP contribution is 2.38. The van der Waals surface area contributed by atoms with Gasteiger partial charge in [0.15, 0.2) is 0 Å². The zero-order chi connectivity index (χ0) is 11.7. The molecule has 0 bridgehead atoms. The SMILES string of the molecule is N#CCC1(c2ccc3c(c2)CCCO3)COC1. The number of rotatable bonds is 2. The van der Waals surface area contributed by atoms with Gasteiger partial charge in [-0.15, -0.1) is 0 Å². The lowest BCUT2D eigenvalue weighted by Crippen LogP contribution is -2.46. The van der Waals surface area contributed by atoms with E-state index in [-0.39, 0.29) is 5.41 Å². The van der Waals surface area contributed by atoms with Crippen molar-refractivity contribution in [1.29, 1.82) is 5.26 Å². The summed E-state index contributed by atoms with van der Waals surface area (Å²) in [6.45, 7) is 2.15. The maximum absolute atomic E-state index is 8.94. The molecule has 0 saturated carbocycles. The van der Waals surface area contributed by atoms with Crippen LogP contribution in [0.4, 0.5) is 0 Å². The van der Waals surface area contributed by atoms with Gasteiger partial charge in [-0.25, -0.2) is 0 Å². The maximum atomic E-state index is 8.94. The monoisotopic (exact) mass is 229 g/mol. The fourth-order valence-electron chi connectivity index (χ4n) is 2.56. The van der Waals surface area contributed by atoms with Gasteiger partial charge in [-0.1, -0.05) is 12.1 Å². The standard InChI is InChI=1S/C14H15NO2/c15-6-5-14(9-16-10-14)12-3-4-13-11(8-12)2-1-7-17-13/h3-4,8H,1-2,5,7,9-10H2. The molecule has 0 aromatic heterocycles. The van der Waals surface area contributed by atoms with Crippen LogP contribution < -0.4 is 4.74 Å². The summed E-state index contributed by atoms with van der Waals surface area (Å²) >= 11 is 0. The minimum absolute atomic E-state index is 0.0682. The lowest BCUT2D eigenvalue weighted by atomic mass is 9.75. The van der Waals surface area contributed by atoms with Crippen molar-refractivity contribution in [3.8, 4) is 11.8 Å². The highest BCUT2D eigenvalue weighted by molar-refractivity contribution is 5.42. The first-order valence-electron chi connectivity index (χ1n) is 6.05. The normalized spacial score (nSPS) is 20.6. The van der Waals surface area contributed by atoms with E-state index in [4.69, 9.17) is 14.7 Å². The second kappa shape index (κ2) is 4.05. The summed E-state index contributed by atoms with van der Waals surface area (Å²) in [7, 11) is 0. The van der Waals surface area contributed by atoms with Crippen molar-refractivity contribution in [2.24, 2.45) is 0 Å². The highest BCUT2D eigenvalue weighted by atomic mass is 16.5. The number of ether oxygens (including phenoxy) is 2. The molecule has 0 spiro atoms. The molecule has 3 nitrogen and oxygen atoms in total. The number of nitrogens with zero attached hydrogens (tertiary/aromatic N) is 1. The third-order valence-corrected chi connectivity index (χ3v) is 3.70. The van der Waals surface area contributed by atoms with E-state index in [9.17, 15) is 0 Å². The molecule has 0 aliphatic carbocycles. The minimum Gasteiger partial charge on any atom is -0.493 e. The Morgan fingerprint density at radius 1 is 1.35 bits per heavy atom. The molecule has 0 unspecified atom stereocenters. The Morgan fingerprint density at radius 2 is 2.24 bits per heavy atom. The molecule has 88 valence electrons. The largest absolute Gasteiger partial charge is 0.493 e. The number of hydrogen-bond acceptors (Lipinski definition) is 3. The average Bonchev–Trinajstić information content (AvgIpc) is 2.33. The zero-order valence-corrected chi connectivity index (χ0v) is 9.74. The first-order valence-corrected chi connectivity index (χ1v) is 6.05. The Kier molecular flexibility index (Phi) is 2.53. The van der Waals surface area contributed by atoms with Crippen molar-refractivity contribution >= 4 is 0 Å². The lowest BCUT2D eigenvalue weighted by molar-refractivity contribution is -0.0577. The molecule has 2 heterocycles. The van der Waals surface area contributed by atoms with Gasteiger partial charge in [0.2, 0.25) is 0 Å². The molecule has 1 aromatic carbocycles. The number of benzene rings is 1. The first-order chi connectivity index (χ1) is 8.34. The fourth-order valence-corrected chi connectivity index (χ4v) is 2.56. The quantitative estimate of drug-likeness (QED) is 0.780.